The highest BCUT2D eigenvalue weighted by molar-refractivity contribution is 7.99. The topological polar surface area (TPSA) is 73.1 Å². The maximum Gasteiger partial charge on any atom is 0.233 e. The normalized spacial score (nSPS) is 13.9. The van der Waals surface area contributed by atoms with E-state index in [2.05, 4.69) is 15.5 Å². The standard InChI is InChI=1S/C16H21N5O2S/c1-23-10-9-20(11-13-5-3-2-4-6-13)15(22)12-24-16-17-18-19-21(16)14-7-8-14/h2-6,14H,7-12H2,1H3. The molecule has 1 fully saturated rings. The summed E-state index contributed by atoms with van der Waals surface area (Å²) in [4.78, 5) is 14.4. The summed E-state index contributed by atoms with van der Waals surface area (Å²) in [5.41, 5.74) is 1.11. The van der Waals surface area contributed by atoms with Crippen LogP contribution in [0.4, 0.5) is 0 Å². The molecule has 0 atom stereocenters. The van der Waals surface area contributed by atoms with E-state index in [1.54, 1.807) is 7.11 Å². The van der Waals surface area contributed by atoms with Crippen molar-refractivity contribution in [2.24, 2.45) is 0 Å². The lowest BCUT2D eigenvalue weighted by atomic mass is 10.2. The number of rotatable bonds is 9. The van der Waals surface area contributed by atoms with Gasteiger partial charge in [0.25, 0.3) is 0 Å². The van der Waals surface area contributed by atoms with Crippen molar-refractivity contribution in [1.29, 1.82) is 0 Å². The Labute approximate surface area is 145 Å². The number of carbonyl (C=O) groups is 1. The average Bonchev–Trinajstić information content (AvgIpc) is 3.35. The first kappa shape index (κ1) is 16.9. The Morgan fingerprint density at radius 3 is 2.88 bits per heavy atom. The van der Waals surface area contributed by atoms with E-state index in [0.717, 1.165) is 23.6 Å². The van der Waals surface area contributed by atoms with Crippen LogP contribution in [0.2, 0.25) is 0 Å². The van der Waals surface area contributed by atoms with Crippen LogP contribution in [0.1, 0.15) is 24.4 Å². The quantitative estimate of drug-likeness (QED) is 0.644. The Morgan fingerprint density at radius 2 is 2.17 bits per heavy atom. The molecule has 2 aromatic rings. The van der Waals surface area contributed by atoms with E-state index < -0.39 is 0 Å². The zero-order valence-electron chi connectivity index (χ0n) is 13.7. The van der Waals surface area contributed by atoms with Crippen LogP contribution in [0.3, 0.4) is 0 Å². The molecule has 7 nitrogen and oxygen atoms in total. The minimum atomic E-state index is 0.0613. The molecule has 0 radical (unpaired) electrons. The van der Waals surface area contributed by atoms with Crippen molar-refractivity contribution >= 4 is 17.7 Å². The van der Waals surface area contributed by atoms with Gasteiger partial charge in [-0.05, 0) is 28.8 Å². The molecule has 0 unspecified atom stereocenters. The molecule has 1 aromatic carbocycles. The van der Waals surface area contributed by atoms with Gasteiger partial charge in [-0.3, -0.25) is 4.79 Å². The molecule has 1 aromatic heterocycles. The van der Waals surface area contributed by atoms with Gasteiger partial charge in [0.05, 0.1) is 18.4 Å². The molecule has 0 bridgehead atoms. The third-order valence-corrected chi connectivity index (χ3v) is 4.73. The zero-order valence-corrected chi connectivity index (χ0v) is 14.5. The lowest BCUT2D eigenvalue weighted by Gasteiger charge is -2.22. The van der Waals surface area contributed by atoms with Crippen molar-refractivity contribution in [3.05, 3.63) is 35.9 Å². The summed E-state index contributed by atoms with van der Waals surface area (Å²) in [6, 6.07) is 10.4. The molecule has 128 valence electrons. The molecule has 1 heterocycles. The number of benzene rings is 1. The molecule has 1 saturated carbocycles. The third-order valence-electron chi connectivity index (χ3n) is 3.81. The Kier molecular flexibility index (Phi) is 5.81. The molecule has 1 amide bonds. The van der Waals surface area contributed by atoms with Crippen molar-refractivity contribution in [1.82, 2.24) is 25.1 Å². The molecule has 1 aliphatic rings. The van der Waals surface area contributed by atoms with Crippen molar-refractivity contribution in [3.8, 4) is 0 Å². The van der Waals surface area contributed by atoms with E-state index in [0.29, 0.717) is 31.5 Å². The van der Waals surface area contributed by atoms with E-state index in [9.17, 15) is 4.79 Å². The number of thioether (sulfide) groups is 1. The summed E-state index contributed by atoms with van der Waals surface area (Å²) in [5.74, 6) is 0.384. The minimum absolute atomic E-state index is 0.0613. The van der Waals surface area contributed by atoms with Crippen LogP contribution in [0, 0.1) is 0 Å². The van der Waals surface area contributed by atoms with Crippen LogP contribution >= 0.6 is 11.8 Å². The molecule has 3 rings (SSSR count). The number of hydrogen-bond acceptors (Lipinski definition) is 6. The van der Waals surface area contributed by atoms with E-state index in [4.69, 9.17) is 4.74 Å². The zero-order chi connectivity index (χ0) is 16.8. The molecular formula is C16H21N5O2S. The van der Waals surface area contributed by atoms with Gasteiger partial charge >= 0.3 is 0 Å². The Hall–Kier alpha value is -1.93. The highest BCUT2D eigenvalue weighted by Gasteiger charge is 2.28. The van der Waals surface area contributed by atoms with Crippen molar-refractivity contribution < 1.29 is 9.53 Å². The van der Waals surface area contributed by atoms with Crippen molar-refractivity contribution in [2.75, 3.05) is 26.0 Å². The summed E-state index contributed by atoms with van der Waals surface area (Å²) < 4.78 is 6.96. The number of ether oxygens (including phenoxy) is 1. The Bertz CT molecular complexity index is 659. The lowest BCUT2D eigenvalue weighted by Crippen LogP contribution is -2.34. The fourth-order valence-electron chi connectivity index (χ4n) is 2.34. The highest BCUT2D eigenvalue weighted by atomic mass is 32.2. The van der Waals surface area contributed by atoms with Crippen molar-refractivity contribution in [3.63, 3.8) is 0 Å². The fourth-order valence-corrected chi connectivity index (χ4v) is 3.19. The summed E-state index contributed by atoms with van der Waals surface area (Å²) in [6.45, 7) is 1.67. The van der Waals surface area contributed by atoms with Crippen molar-refractivity contribution in [2.45, 2.75) is 30.6 Å². The molecule has 1 aliphatic carbocycles. The number of aromatic nitrogens is 4. The second-order valence-corrected chi connectivity index (χ2v) is 6.66. The van der Waals surface area contributed by atoms with E-state index in [-0.39, 0.29) is 5.91 Å². The average molecular weight is 347 g/mol. The van der Waals surface area contributed by atoms with Crippen LogP contribution in [0.5, 0.6) is 0 Å². The smallest absolute Gasteiger partial charge is 0.233 e. The Morgan fingerprint density at radius 1 is 1.38 bits per heavy atom. The van der Waals surface area contributed by atoms with E-state index >= 15 is 0 Å². The van der Waals surface area contributed by atoms with Gasteiger partial charge in [0.15, 0.2) is 0 Å². The van der Waals surface area contributed by atoms with Crippen LogP contribution in [0.15, 0.2) is 35.5 Å². The Balaban J connectivity index is 1.59. The second kappa shape index (κ2) is 8.25. The minimum Gasteiger partial charge on any atom is -0.383 e. The second-order valence-electron chi connectivity index (χ2n) is 5.72. The van der Waals surface area contributed by atoms with E-state index in [1.165, 1.54) is 11.8 Å². The van der Waals surface area contributed by atoms with Gasteiger partial charge in [-0.15, -0.1) is 5.10 Å². The number of amides is 1. The summed E-state index contributed by atoms with van der Waals surface area (Å²) in [6.07, 6.45) is 2.22. The molecule has 0 saturated heterocycles. The summed E-state index contributed by atoms with van der Waals surface area (Å²) in [5, 5.41) is 12.5. The maximum atomic E-state index is 12.6. The number of nitrogens with zero attached hydrogens (tertiary/aromatic N) is 5. The summed E-state index contributed by atoms with van der Waals surface area (Å²) in [7, 11) is 1.64. The first-order valence-electron chi connectivity index (χ1n) is 7.99. The number of methoxy groups -OCH3 is 1. The number of tetrazole rings is 1. The molecule has 24 heavy (non-hydrogen) atoms. The van der Waals surface area contributed by atoms with Gasteiger partial charge < -0.3 is 9.64 Å². The first-order chi connectivity index (χ1) is 11.8. The molecule has 0 spiro atoms. The largest absolute Gasteiger partial charge is 0.383 e. The van der Waals surface area contributed by atoms with Crippen LogP contribution in [-0.2, 0) is 16.1 Å². The predicted molar refractivity (Wildman–Crippen MR) is 90.5 cm³/mol. The fraction of sp³-hybridized carbons (Fsp3) is 0.500. The summed E-state index contributed by atoms with van der Waals surface area (Å²) >= 11 is 1.40. The monoisotopic (exact) mass is 347 g/mol. The van der Waals surface area contributed by atoms with Crippen LogP contribution in [0.25, 0.3) is 0 Å². The first-order valence-corrected chi connectivity index (χ1v) is 8.98. The van der Waals surface area contributed by atoms with Gasteiger partial charge in [0.2, 0.25) is 11.1 Å². The highest BCUT2D eigenvalue weighted by Crippen LogP contribution is 2.36. The third kappa shape index (κ3) is 4.55. The van der Waals surface area contributed by atoms with Gasteiger partial charge in [-0.25, -0.2) is 4.68 Å². The lowest BCUT2D eigenvalue weighted by molar-refractivity contribution is -0.129. The van der Waals surface area contributed by atoms with Gasteiger partial charge in [0, 0.05) is 20.2 Å². The molecule has 8 heteroatoms. The van der Waals surface area contributed by atoms with Gasteiger partial charge in [-0.2, -0.15) is 0 Å². The SMILES string of the molecule is COCCN(Cc1ccccc1)C(=O)CSc1nnnn1C1CC1. The predicted octanol–water partition coefficient (Wildman–Crippen LogP) is 1.78. The number of hydrogen-bond donors (Lipinski definition) is 0. The maximum absolute atomic E-state index is 12.6. The van der Waals surface area contributed by atoms with Gasteiger partial charge in [-0.1, -0.05) is 42.1 Å². The van der Waals surface area contributed by atoms with Crippen LogP contribution in [-0.4, -0.2) is 57.0 Å². The molecule has 0 N–H and O–H groups in total. The van der Waals surface area contributed by atoms with E-state index in [1.807, 2.05) is 39.9 Å². The van der Waals surface area contributed by atoms with Crippen LogP contribution < -0.4 is 0 Å². The van der Waals surface area contributed by atoms with Gasteiger partial charge in [0.1, 0.15) is 0 Å². The molecule has 0 aliphatic heterocycles. The molecular weight excluding hydrogens is 326 g/mol. The number of carbonyl (C=O) groups excluding carboxylic acids is 1.